The van der Waals surface area contributed by atoms with E-state index in [1.54, 1.807) is 6.20 Å². The molecule has 0 aliphatic carbocycles. The number of unbranched alkanes of at least 4 members (excludes halogenated alkanes) is 1. The number of nitrogens with two attached hydrogens (primary N) is 1. The Hall–Kier alpha value is -1.56. The molecule has 0 bridgehead atoms. The fourth-order valence-electron chi connectivity index (χ4n) is 1.97. The van der Waals surface area contributed by atoms with E-state index in [0.29, 0.717) is 31.8 Å². The lowest BCUT2D eigenvalue weighted by Crippen LogP contribution is -2.25. The van der Waals surface area contributed by atoms with Gasteiger partial charge in [0, 0.05) is 24.9 Å². The van der Waals surface area contributed by atoms with Crippen LogP contribution < -0.4 is 11.1 Å². The lowest BCUT2D eigenvalue weighted by molar-refractivity contribution is -0.121. The minimum absolute atomic E-state index is 0. The second-order valence-electron chi connectivity index (χ2n) is 4.83. The summed E-state index contributed by atoms with van der Waals surface area (Å²) in [6.45, 7) is 1.34. The standard InChI is InChI=1S/C16H21N3O2.2ClH/c17-10-4-5-11-18-15(20)8-9-16-19-12-14(21-16)13-6-2-1-3-7-13;;/h1-3,6-7,12H,4-5,8-11,17H2,(H,18,20);2*1H. The van der Waals surface area contributed by atoms with E-state index in [0.717, 1.165) is 24.2 Å². The summed E-state index contributed by atoms with van der Waals surface area (Å²) < 4.78 is 5.66. The first-order chi connectivity index (χ1) is 10.3. The Morgan fingerprint density at radius 2 is 1.91 bits per heavy atom. The molecule has 0 aliphatic rings. The zero-order valence-corrected chi connectivity index (χ0v) is 14.5. The van der Waals surface area contributed by atoms with E-state index in [1.807, 2.05) is 30.3 Å². The summed E-state index contributed by atoms with van der Waals surface area (Å²) in [5.41, 5.74) is 6.39. The van der Waals surface area contributed by atoms with Crippen LogP contribution in [0.3, 0.4) is 0 Å². The third-order valence-electron chi connectivity index (χ3n) is 3.13. The molecule has 0 spiro atoms. The molecule has 128 valence electrons. The van der Waals surface area contributed by atoms with Gasteiger partial charge in [0.05, 0.1) is 6.20 Å². The fourth-order valence-corrected chi connectivity index (χ4v) is 1.97. The van der Waals surface area contributed by atoms with E-state index in [2.05, 4.69) is 10.3 Å². The van der Waals surface area contributed by atoms with Gasteiger partial charge in [0.2, 0.25) is 5.91 Å². The van der Waals surface area contributed by atoms with E-state index >= 15 is 0 Å². The second kappa shape index (κ2) is 11.9. The highest BCUT2D eigenvalue weighted by Gasteiger charge is 2.08. The number of nitrogens with zero attached hydrogens (tertiary/aromatic N) is 1. The highest BCUT2D eigenvalue weighted by atomic mass is 35.5. The maximum absolute atomic E-state index is 11.6. The third kappa shape index (κ3) is 7.50. The summed E-state index contributed by atoms with van der Waals surface area (Å²) in [7, 11) is 0. The van der Waals surface area contributed by atoms with E-state index in [1.165, 1.54) is 0 Å². The van der Waals surface area contributed by atoms with Crippen molar-refractivity contribution in [3.8, 4) is 11.3 Å². The summed E-state index contributed by atoms with van der Waals surface area (Å²) in [5.74, 6) is 1.34. The van der Waals surface area contributed by atoms with Gasteiger partial charge in [0.1, 0.15) is 0 Å². The van der Waals surface area contributed by atoms with Crippen molar-refractivity contribution in [2.75, 3.05) is 13.1 Å². The van der Waals surface area contributed by atoms with Gasteiger partial charge < -0.3 is 15.5 Å². The molecular formula is C16H23Cl2N3O2. The molecule has 1 aromatic heterocycles. The molecule has 0 radical (unpaired) electrons. The Morgan fingerprint density at radius 1 is 1.17 bits per heavy atom. The molecule has 0 atom stereocenters. The minimum atomic E-state index is 0. The largest absolute Gasteiger partial charge is 0.441 e. The number of carbonyl (C=O) groups excluding carboxylic acids is 1. The molecule has 7 heteroatoms. The quantitative estimate of drug-likeness (QED) is 0.709. The maximum Gasteiger partial charge on any atom is 0.220 e. The Balaban J connectivity index is 0.00000242. The van der Waals surface area contributed by atoms with Crippen LogP contribution in [0.4, 0.5) is 0 Å². The number of hydrogen-bond donors (Lipinski definition) is 2. The van der Waals surface area contributed by atoms with Crippen molar-refractivity contribution < 1.29 is 9.21 Å². The molecule has 5 nitrogen and oxygen atoms in total. The minimum Gasteiger partial charge on any atom is -0.441 e. The molecule has 1 amide bonds. The van der Waals surface area contributed by atoms with Crippen LogP contribution in [0.25, 0.3) is 11.3 Å². The SMILES string of the molecule is Cl.Cl.NCCCCNC(=O)CCc1ncc(-c2ccccc2)o1. The smallest absolute Gasteiger partial charge is 0.220 e. The van der Waals surface area contributed by atoms with Crippen molar-refractivity contribution in [1.82, 2.24) is 10.3 Å². The zero-order chi connectivity index (χ0) is 14.9. The predicted octanol–water partition coefficient (Wildman–Crippen LogP) is 2.97. The molecule has 0 unspecified atom stereocenters. The Labute approximate surface area is 148 Å². The van der Waals surface area contributed by atoms with Crippen LogP contribution in [-0.4, -0.2) is 24.0 Å². The zero-order valence-electron chi connectivity index (χ0n) is 12.9. The number of amides is 1. The molecule has 0 aliphatic heterocycles. The number of carbonyl (C=O) groups is 1. The Kier molecular flexibility index (Phi) is 11.1. The number of hydrogen-bond acceptors (Lipinski definition) is 4. The van der Waals surface area contributed by atoms with Crippen molar-refractivity contribution in [3.63, 3.8) is 0 Å². The van der Waals surface area contributed by atoms with Gasteiger partial charge in [-0.1, -0.05) is 30.3 Å². The van der Waals surface area contributed by atoms with Crippen LogP contribution in [0.15, 0.2) is 40.9 Å². The predicted molar refractivity (Wildman–Crippen MR) is 96.1 cm³/mol. The maximum atomic E-state index is 11.6. The highest BCUT2D eigenvalue weighted by Crippen LogP contribution is 2.20. The normalized spacial score (nSPS) is 9.61. The number of oxazole rings is 1. The number of nitrogens with one attached hydrogen (secondary N) is 1. The Morgan fingerprint density at radius 3 is 2.61 bits per heavy atom. The summed E-state index contributed by atoms with van der Waals surface area (Å²) >= 11 is 0. The molecular weight excluding hydrogens is 337 g/mol. The molecule has 1 heterocycles. The monoisotopic (exact) mass is 359 g/mol. The van der Waals surface area contributed by atoms with Crippen molar-refractivity contribution in [3.05, 3.63) is 42.4 Å². The summed E-state index contributed by atoms with van der Waals surface area (Å²) in [6, 6.07) is 9.79. The van der Waals surface area contributed by atoms with Crippen molar-refractivity contribution in [2.45, 2.75) is 25.7 Å². The first-order valence-corrected chi connectivity index (χ1v) is 7.26. The van der Waals surface area contributed by atoms with E-state index in [4.69, 9.17) is 10.2 Å². The number of halogens is 2. The van der Waals surface area contributed by atoms with Crippen LogP contribution in [0.5, 0.6) is 0 Å². The van der Waals surface area contributed by atoms with Crippen LogP contribution in [-0.2, 0) is 11.2 Å². The van der Waals surface area contributed by atoms with E-state index in [9.17, 15) is 4.79 Å². The first kappa shape index (κ1) is 21.4. The molecule has 23 heavy (non-hydrogen) atoms. The summed E-state index contributed by atoms with van der Waals surface area (Å²) in [6.07, 6.45) is 4.44. The molecule has 0 fully saturated rings. The summed E-state index contributed by atoms with van der Waals surface area (Å²) in [5, 5.41) is 2.86. The van der Waals surface area contributed by atoms with E-state index < -0.39 is 0 Å². The average molecular weight is 360 g/mol. The van der Waals surface area contributed by atoms with Gasteiger partial charge in [-0.15, -0.1) is 24.8 Å². The third-order valence-corrected chi connectivity index (χ3v) is 3.13. The van der Waals surface area contributed by atoms with Crippen molar-refractivity contribution >= 4 is 30.7 Å². The van der Waals surface area contributed by atoms with E-state index in [-0.39, 0.29) is 30.7 Å². The molecule has 2 rings (SSSR count). The second-order valence-corrected chi connectivity index (χ2v) is 4.83. The number of benzene rings is 1. The number of aryl methyl sites for hydroxylation is 1. The van der Waals surface area contributed by atoms with Crippen LogP contribution in [0, 0.1) is 0 Å². The first-order valence-electron chi connectivity index (χ1n) is 7.26. The van der Waals surface area contributed by atoms with Gasteiger partial charge in [-0.25, -0.2) is 4.98 Å². The highest BCUT2D eigenvalue weighted by molar-refractivity contribution is 5.85. The molecule has 2 aromatic rings. The fraction of sp³-hybridized carbons (Fsp3) is 0.375. The number of rotatable bonds is 8. The molecule has 1 aromatic carbocycles. The van der Waals surface area contributed by atoms with Crippen molar-refractivity contribution in [1.29, 1.82) is 0 Å². The molecule has 0 saturated heterocycles. The van der Waals surface area contributed by atoms with Gasteiger partial charge in [0.25, 0.3) is 0 Å². The summed E-state index contributed by atoms with van der Waals surface area (Å²) in [4.78, 5) is 15.9. The van der Waals surface area contributed by atoms with Gasteiger partial charge in [-0.2, -0.15) is 0 Å². The lowest BCUT2D eigenvalue weighted by atomic mass is 10.2. The Bertz CT molecular complexity index is 561. The van der Waals surface area contributed by atoms with Crippen LogP contribution in [0.2, 0.25) is 0 Å². The van der Waals surface area contributed by atoms with Crippen LogP contribution in [0.1, 0.15) is 25.2 Å². The number of aromatic nitrogens is 1. The lowest BCUT2D eigenvalue weighted by Gasteiger charge is -2.03. The van der Waals surface area contributed by atoms with Gasteiger partial charge in [-0.3, -0.25) is 4.79 Å². The van der Waals surface area contributed by atoms with Gasteiger partial charge >= 0.3 is 0 Å². The van der Waals surface area contributed by atoms with Gasteiger partial charge in [0.15, 0.2) is 11.7 Å². The average Bonchev–Trinajstić information content (AvgIpc) is 2.99. The van der Waals surface area contributed by atoms with Crippen LogP contribution >= 0.6 is 24.8 Å². The van der Waals surface area contributed by atoms with Gasteiger partial charge in [-0.05, 0) is 19.4 Å². The molecule has 3 N–H and O–H groups in total. The molecule has 0 saturated carbocycles. The topological polar surface area (TPSA) is 81.1 Å². The van der Waals surface area contributed by atoms with Crippen molar-refractivity contribution in [2.24, 2.45) is 5.73 Å².